The molecule has 3 nitrogen and oxygen atoms in total. The lowest BCUT2D eigenvalue weighted by atomic mass is 10.1. The minimum absolute atomic E-state index is 0.426. The van der Waals surface area contributed by atoms with Crippen LogP contribution in [0.2, 0.25) is 5.02 Å². The monoisotopic (exact) mass is 263 g/mol. The van der Waals surface area contributed by atoms with Gasteiger partial charge in [-0.2, -0.15) is 0 Å². The molecule has 0 aliphatic carbocycles. The van der Waals surface area contributed by atoms with Gasteiger partial charge < -0.3 is 10.7 Å². The molecule has 1 aromatic carbocycles. The summed E-state index contributed by atoms with van der Waals surface area (Å²) in [6.45, 7) is 4.80. The van der Waals surface area contributed by atoms with Gasteiger partial charge in [0.05, 0.1) is 10.7 Å². The molecule has 2 rings (SSSR count). The number of benzene rings is 1. The highest BCUT2D eigenvalue weighted by molar-refractivity contribution is 6.33. The van der Waals surface area contributed by atoms with Crippen LogP contribution in [-0.4, -0.2) is 16.5 Å². The Morgan fingerprint density at radius 2 is 2.11 bits per heavy atom. The summed E-state index contributed by atoms with van der Waals surface area (Å²) in [5.41, 5.74) is 8.58. The molecule has 1 aromatic heterocycles. The first-order chi connectivity index (χ1) is 8.61. The fourth-order valence-electron chi connectivity index (χ4n) is 1.95. The molecule has 0 spiro atoms. The van der Waals surface area contributed by atoms with Crippen molar-refractivity contribution in [1.82, 2.24) is 9.97 Å². The Morgan fingerprint density at radius 1 is 1.39 bits per heavy atom. The molecule has 0 saturated heterocycles. The number of rotatable bonds is 4. The van der Waals surface area contributed by atoms with Crippen molar-refractivity contribution in [1.29, 1.82) is 0 Å². The number of hydrogen-bond acceptors (Lipinski definition) is 2. The van der Waals surface area contributed by atoms with Crippen molar-refractivity contribution in [2.45, 2.75) is 20.3 Å². The van der Waals surface area contributed by atoms with Crippen molar-refractivity contribution in [2.75, 3.05) is 6.54 Å². The fraction of sp³-hybridized carbons (Fsp3) is 0.357. The Hall–Kier alpha value is -1.32. The second-order valence-electron chi connectivity index (χ2n) is 4.68. The van der Waals surface area contributed by atoms with Gasteiger partial charge in [-0.25, -0.2) is 4.98 Å². The lowest BCUT2D eigenvalue weighted by Crippen LogP contribution is -2.13. The van der Waals surface area contributed by atoms with Gasteiger partial charge >= 0.3 is 0 Å². The van der Waals surface area contributed by atoms with Crippen LogP contribution in [0.3, 0.4) is 0 Å². The summed E-state index contributed by atoms with van der Waals surface area (Å²) in [7, 11) is 0. The van der Waals surface area contributed by atoms with Crippen molar-refractivity contribution < 1.29 is 0 Å². The molecule has 0 saturated carbocycles. The van der Waals surface area contributed by atoms with E-state index in [2.05, 4.69) is 16.9 Å². The second kappa shape index (κ2) is 5.55. The van der Waals surface area contributed by atoms with E-state index in [0.717, 1.165) is 34.2 Å². The number of nitrogens with zero attached hydrogens (tertiary/aromatic N) is 1. The predicted molar refractivity (Wildman–Crippen MR) is 75.7 cm³/mol. The molecule has 3 N–H and O–H groups in total. The number of H-pyrrole nitrogens is 1. The first-order valence-corrected chi connectivity index (χ1v) is 6.50. The molecule has 1 unspecified atom stereocenters. The first kappa shape index (κ1) is 13.1. The third kappa shape index (κ3) is 2.74. The quantitative estimate of drug-likeness (QED) is 0.890. The van der Waals surface area contributed by atoms with Crippen LogP contribution in [-0.2, 0) is 6.42 Å². The SMILES string of the molecule is Cc1[nH]c(CC(C)CN)nc1-c1ccccc1Cl. The van der Waals surface area contributed by atoms with Gasteiger partial charge in [0.2, 0.25) is 0 Å². The van der Waals surface area contributed by atoms with Crippen molar-refractivity contribution in [2.24, 2.45) is 11.7 Å². The number of aromatic nitrogens is 2. The minimum atomic E-state index is 0.426. The molecule has 0 bridgehead atoms. The Morgan fingerprint density at radius 3 is 2.78 bits per heavy atom. The van der Waals surface area contributed by atoms with Gasteiger partial charge in [-0.15, -0.1) is 0 Å². The Kier molecular flexibility index (Phi) is 4.04. The van der Waals surface area contributed by atoms with Crippen molar-refractivity contribution in [3.63, 3.8) is 0 Å². The van der Waals surface area contributed by atoms with Gasteiger partial charge in [0.25, 0.3) is 0 Å². The number of nitrogens with two attached hydrogens (primary N) is 1. The summed E-state index contributed by atoms with van der Waals surface area (Å²) in [6.07, 6.45) is 0.863. The van der Waals surface area contributed by atoms with Gasteiger partial charge in [-0.1, -0.05) is 36.7 Å². The van der Waals surface area contributed by atoms with E-state index in [9.17, 15) is 0 Å². The van der Waals surface area contributed by atoms with E-state index in [1.807, 2.05) is 31.2 Å². The van der Waals surface area contributed by atoms with Crippen LogP contribution < -0.4 is 5.73 Å². The Balaban J connectivity index is 2.33. The molecule has 2 aromatic rings. The molecule has 0 amide bonds. The molecule has 0 fully saturated rings. The molecule has 1 atom stereocenters. The maximum absolute atomic E-state index is 6.20. The number of aromatic amines is 1. The zero-order valence-electron chi connectivity index (χ0n) is 10.7. The Labute approximate surface area is 112 Å². The summed E-state index contributed by atoms with van der Waals surface area (Å²) in [6, 6.07) is 7.76. The summed E-state index contributed by atoms with van der Waals surface area (Å²) >= 11 is 6.20. The number of halogens is 1. The molecule has 4 heteroatoms. The van der Waals surface area contributed by atoms with E-state index in [0.29, 0.717) is 12.5 Å². The smallest absolute Gasteiger partial charge is 0.107 e. The van der Waals surface area contributed by atoms with Crippen LogP contribution in [0, 0.1) is 12.8 Å². The summed E-state index contributed by atoms with van der Waals surface area (Å²) in [5, 5.41) is 0.727. The molecule has 18 heavy (non-hydrogen) atoms. The molecule has 0 radical (unpaired) electrons. The summed E-state index contributed by atoms with van der Waals surface area (Å²) < 4.78 is 0. The van der Waals surface area contributed by atoms with Crippen LogP contribution in [0.4, 0.5) is 0 Å². The third-order valence-electron chi connectivity index (χ3n) is 3.01. The van der Waals surface area contributed by atoms with Crippen molar-refractivity contribution in [3.05, 3.63) is 40.8 Å². The van der Waals surface area contributed by atoms with Crippen molar-refractivity contribution >= 4 is 11.6 Å². The molecule has 96 valence electrons. The first-order valence-electron chi connectivity index (χ1n) is 6.12. The standard InChI is InChI=1S/C14H18ClN3/c1-9(8-16)7-13-17-10(2)14(18-13)11-5-3-4-6-12(11)15/h3-6,9H,7-8,16H2,1-2H3,(H,17,18). The number of nitrogens with one attached hydrogen (secondary N) is 1. The van der Waals surface area contributed by atoms with E-state index in [1.54, 1.807) is 0 Å². The Bertz CT molecular complexity index is 534. The lowest BCUT2D eigenvalue weighted by molar-refractivity contribution is 0.577. The average molecular weight is 264 g/mol. The minimum Gasteiger partial charge on any atom is -0.346 e. The second-order valence-corrected chi connectivity index (χ2v) is 5.09. The van der Waals surface area contributed by atoms with E-state index in [1.165, 1.54) is 0 Å². The lowest BCUT2D eigenvalue weighted by Gasteiger charge is -2.04. The number of hydrogen-bond donors (Lipinski definition) is 2. The van der Waals surface area contributed by atoms with E-state index >= 15 is 0 Å². The van der Waals surface area contributed by atoms with E-state index < -0.39 is 0 Å². The summed E-state index contributed by atoms with van der Waals surface area (Å²) in [5.74, 6) is 1.40. The highest BCUT2D eigenvalue weighted by atomic mass is 35.5. The largest absolute Gasteiger partial charge is 0.346 e. The van der Waals surface area contributed by atoms with Gasteiger partial charge in [0.1, 0.15) is 5.82 Å². The van der Waals surface area contributed by atoms with Gasteiger partial charge in [-0.05, 0) is 25.5 Å². The van der Waals surface area contributed by atoms with Crippen molar-refractivity contribution in [3.8, 4) is 11.3 Å². The number of aryl methyl sites for hydroxylation is 1. The maximum atomic E-state index is 6.20. The molecule has 0 aliphatic rings. The van der Waals surface area contributed by atoms with Crippen LogP contribution in [0.25, 0.3) is 11.3 Å². The molecule has 1 heterocycles. The average Bonchev–Trinajstić information content (AvgIpc) is 2.70. The van der Waals surface area contributed by atoms with Crippen LogP contribution in [0.1, 0.15) is 18.4 Å². The van der Waals surface area contributed by atoms with E-state index in [4.69, 9.17) is 17.3 Å². The fourth-order valence-corrected chi connectivity index (χ4v) is 2.17. The van der Waals surface area contributed by atoms with Gasteiger partial charge in [0, 0.05) is 17.7 Å². The zero-order valence-corrected chi connectivity index (χ0v) is 11.5. The summed E-state index contributed by atoms with van der Waals surface area (Å²) in [4.78, 5) is 7.94. The van der Waals surface area contributed by atoms with Crippen LogP contribution in [0.15, 0.2) is 24.3 Å². The molecular weight excluding hydrogens is 246 g/mol. The topological polar surface area (TPSA) is 54.7 Å². The van der Waals surface area contributed by atoms with Gasteiger partial charge in [-0.3, -0.25) is 0 Å². The predicted octanol–water partition coefficient (Wildman–Crippen LogP) is 3.18. The molecule has 0 aliphatic heterocycles. The molecular formula is C14H18ClN3. The zero-order chi connectivity index (χ0) is 13.1. The normalized spacial score (nSPS) is 12.7. The number of imidazole rings is 1. The van der Waals surface area contributed by atoms with Gasteiger partial charge in [0.15, 0.2) is 0 Å². The highest BCUT2D eigenvalue weighted by Gasteiger charge is 2.12. The maximum Gasteiger partial charge on any atom is 0.107 e. The van der Waals surface area contributed by atoms with E-state index in [-0.39, 0.29) is 0 Å². The third-order valence-corrected chi connectivity index (χ3v) is 3.34. The highest BCUT2D eigenvalue weighted by Crippen LogP contribution is 2.28. The van der Waals surface area contributed by atoms with Crippen LogP contribution >= 0.6 is 11.6 Å². The van der Waals surface area contributed by atoms with Crippen LogP contribution in [0.5, 0.6) is 0 Å².